The van der Waals surface area contributed by atoms with Gasteiger partial charge in [0.05, 0.1) is 0 Å². The zero-order valence-electron chi connectivity index (χ0n) is 8.52. The van der Waals surface area contributed by atoms with E-state index in [0.717, 1.165) is 12.8 Å². The molecule has 0 saturated carbocycles. The minimum Gasteiger partial charge on any atom is -0.417 e. The maximum Gasteiger partial charge on any atom is 0.308 e. The maximum atomic E-state index is 11.2. The zero-order chi connectivity index (χ0) is 10.7. The molecule has 0 aliphatic carbocycles. The lowest BCUT2D eigenvalue weighted by molar-refractivity contribution is 0.0783. The molecule has 1 saturated heterocycles. The summed E-state index contributed by atoms with van der Waals surface area (Å²) < 4.78 is 10.5. The predicted octanol–water partition coefficient (Wildman–Crippen LogP) is 0.323. The molecule has 2 rings (SSSR count). The fourth-order valence-corrected chi connectivity index (χ4v) is 1.54. The van der Waals surface area contributed by atoms with Gasteiger partial charge in [-0.2, -0.15) is 0 Å². The van der Waals surface area contributed by atoms with E-state index in [1.807, 2.05) is 0 Å². The Morgan fingerprint density at radius 2 is 2.13 bits per heavy atom. The molecule has 15 heavy (non-hydrogen) atoms. The smallest absolute Gasteiger partial charge is 0.308 e. The second-order valence-corrected chi connectivity index (χ2v) is 3.41. The Labute approximate surface area is 87.0 Å². The van der Waals surface area contributed by atoms with Gasteiger partial charge in [0.2, 0.25) is 5.89 Å². The van der Waals surface area contributed by atoms with Gasteiger partial charge in [0.1, 0.15) is 0 Å². The van der Waals surface area contributed by atoms with Gasteiger partial charge >= 0.3 is 11.8 Å². The molecule has 1 fully saturated rings. The summed E-state index contributed by atoms with van der Waals surface area (Å²) >= 11 is 0. The van der Waals surface area contributed by atoms with Gasteiger partial charge in [-0.05, 0) is 12.8 Å². The highest BCUT2D eigenvalue weighted by atomic mass is 16.5. The Hall–Kier alpha value is -1.43. The van der Waals surface area contributed by atoms with Crippen molar-refractivity contribution < 1.29 is 13.9 Å². The molecule has 1 aromatic heterocycles. The van der Waals surface area contributed by atoms with Crippen molar-refractivity contribution in [2.24, 2.45) is 0 Å². The van der Waals surface area contributed by atoms with Crippen LogP contribution in [0.1, 0.15) is 35.3 Å². The van der Waals surface area contributed by atoms with Gasteiger partial charge in [-0.25, -0.2) is 0 Å². The molecule has 0 bridgehead atoms. The van der Waals surface area contributed by atoms with Gasteiger partial charge in [-0.15, -0.1) is 10.2 Å². The first-order valence-corrected chi connectivity index (χ1v) is 4.94. The summed E-state index contributed by atoms with van der Waals surface area (Å²) in [6, 6.07) is 0. The third kappa shape index (κ3) is 2.15. The van der Waals surface area contributed by atoms with Crippen LogP contribution in [0.4, 0.5) is 0 Å². The number of carbonyl (C=O) groups excluding carboxylic acids is 1. The average Bonchev–Trinajstić information content (AvgIpc) is 2.78. The van der Waals surface area contributed by atoms with Gasteiger partial charge in [0.15, 0.2) is 0 Å². The Morgan fingerprint density at radius 3 is 2.80 bits per heavy atom. The molecule has 0 spiro atoms. The minimum absolute atomic E-state index is 0.0268. The van der Waals surface area contributed by atoms with E-state index in [0.29, 0.717) is 19.1 Å². The second-order valence-electron chi connectivity index (χ2n) is 3.41. The Kier molecular flexibility index (Phi) is 2.96. The molecular weight excluding hydrogens is 198 g/mol. The number of amides is 1. The maximum absolute atomic E-state index is 11.2. The molecule has 6 nitrogen and oxygen atoms in total. The molecule has 0 atom stereocenters. The van der Waals surface area contributed by atoms with Crippen molar-refractivity contribution in [3.05, 3.63) is 11.8 Å². The highest BCUT2D eigenvalue weighted by Crippen LogP contribution is 2.25. The summed E-state index contributed by atoms with van der Waals surface area (Å²) in [6.45, 7) is 1.42. The molecule has 82 valence electrons. The predicted molar refractivity (Wildman–Crippen MR) is 50.5 cm³/mol. The van der Waals surface area contributed by atoms with Gasteiger partial charge < -0.3 is 14.5 Å². The van der Waals surface area contributed by atoms with Crippen molar-refractivity contribution in [2.75, 3.05) is 20.3 Å². The molecule has 0 unspecified atom stereocenters. The fourth-order valence-electron chi connectivity index (χ4n) is 1.54. The Bertz CT molecular complexity index is 344. The summed E-state index contributed by atoms with van der Waals surface area (Å²) in [7, 11) is 1.53. The van der Waals surface area contributed by atoms with E-state index < -0.39 is 0 Å². The van der Waals surface area contributed by atoms with Crippen LogP contribution in [-0.4, -0.2) is 36.4 Å². The summed E-state index contributed by atoms with van der Waals surface area (Å²) in [5.41, 5.74) is 0. The number of rotatable bonds is 2. The number of carbonyl (C=O) groups is 1. The third-order valence-electron chi connectivity index (χ3n) is 2.43. The fraction of sp³-hybridized carbons (Fsp3) is 0.667. The molecule has 0 radical (unpaired) electrons. The standard InChI is InChI=1S/C9H13N3O3/c1-10-7(13)9-12-11-8(15-9)6-2-4-14-5-3-6/h6H,2-5H2,1H3,(H,10,13). The number of nitrogens with one attached hydrogen (secondary N) is 1. The molecule has 2 heterocycles. The van der Waals surface area contributed by atoms with E-state index in [1.54, 1.807) is 0 Å². The van der Waals surface area contributed by atoms with Crippen LogP contribution in [0.5, 0.6) is 0 Å². The first-order valence-electron chi connectivity index (χ1n) is 4.94. The summed E-state index contributed by atoms with van der Waals surface area (Å²) in [5.74, 6) is 0.446. The van der Waals surface area contributed by atoms with E-state index in [4.69, 9.17) is 9.15 Å². The van der Waals surface area contributed by atoms with Crippen LogP contribution in [0, 0.1) is 0 Å². The number of nitrogens with zero attached hydrogens (tertiary/aromatic N) is 2. The van der Waals surface area contributed by atoms with Crippen LogP contribution in [0.25, 0.3) is 0 Å². The van der Waals surface area contributed by atoms with Crippen molar-refractivity contribution in [2.45, 2.75) is 18.8 Å². The molecule has 6 heteroatoms. The van der Waals surface area contributed by atoms with Crippen LogP contribution in [0.3, 0.4) is 0 Å². The van der Waals surface area contributed by atoms with Crippen molar-refractivity contribution >= 4 is 5.91 Å². The SMILES string of the molecule is CNC(=O)c1nnc(C2CCOCC2)o1. The number of hydrogen-bond acceptors (Lipinski definition) is 5. The normalized spacial score (nSPS) is 17.7. The molecule has 1 amide bonds. The van der Waals surface area contributed by atoms with Crippen molar-refractivity contribution in [1.82, 2.24) is 15.5 Å². The van der Waals surface area contributed by atoms with Gasteiger partial charge in [-0.1, -0.05) is 0 Å². The molecule has 1 N–H and O–H groups in total. The highest BCUT2D eigenvalue weighted by Gasteiger charge is 2.23. The molecule has 1 aliphatic heterocycles. The van der Waals surface area contributed by atoms with Gasteiger partial charge in [0.25, 0.3) is 0 Å². The quantitative estimate of drug-likeness (QED) is 0.762. The lowest BCUT2D eigenvalue weighted by Crippen LogP contribution is -2.18. The zero-order valence-corrected chi connectivity index (χ0v) is 8.52. The average molecular weight is 211 g/mol. The van der Waals surface area contributed by atoms with Crippen LogP contribution >= 0.6 is 0 Å². The largest absolute Gasteiger partial charge is 0.417 e. The minimum atomic E-state index is -0.346. The van der Waals surface area contributed by atoms with E-state index >= 15 is 0 Å². The summed E-state index contributed by atoms with van der Waals surface area (Å²) in [6.07, 6.45) is 1.74. The lowest BCUT2D eigenvalue weighted by atomic mass is 10.0. The number of aromatic nitrogens is 2. The van der Waals surface area contributed by atoms with Crippen LogP contribution in [-0.2, 0) is 4.74 Å². The summed E-state index contributed by atoms with van der Waals surface area (Å²) in [5, 5.41) is 10.0. The van der Waals surface area contributed by atoms with Crippen LogP contribution in [0.15, 0.2) is 4.42 Å². The molecule has 1 aliphatic rings. The van der Waals surface area contributed by atoms with Crippen LogP contribution in [0.2, 0.25) is 0 Å². The first kappa shape index (κ1) is 10.1. The van der Waals surface area contributed by atoms with E-state index in [1.165, 1.54) is 7.05 Å². The highest BCUT2D eigenvalue weighted by molar-refractivity contribution is 5.89. The topological polar surface area (TPSA) is 77.2 Å². The third-order valence-corrected chi connectivity index (χ3v) is 2.43. The molecule has 1 aromatic rings. The molecule has 0 aromatic carbocycles. The van der Waals surface area contributed by atoms with E-state index in [9.17, 15) is 4.79 Å². The second kappa shape index (κ2) is 4.39. The summed E-state index contributed by atoms with van der Waals surface area (Å²) in [4.78, 5) is 11.2. The Morgan fingerprint density at radius 1 is 1.40 bits per heavy atom. The van der Waals surface area contributed by atoms with Gasteiger partial charge in [0, 0.05) is 26.2 Å². The first-order chi connectivity index (χ1) is 7.31. The van der Waals surface area contributed by atoms with Gasteiger partial charge in [-0.3, -0.25) is 4.79 Å². The van der Waals surface area contributed by atoms with Crippen molar-refractivity contribution in [3.8, 4) is 0 Å². The van der Waals surface area contributed by atoms with Crippen molar-refractivity contribution in [3.63, 3.8) is 0 Å². The number of ether oxygens (including phenoxy) is 1. The molecular formula is C9H13N3O3. The Balaban J connectivity index is 2.08. The van der Waals surface area contributed by atoms with Crippen LogP contribution < -0.4 is 5.32 Å². The van der Waals surface area contributed by atoms with E-state index in [2.05, 4.69) is 15.5 Å². The van der Waals surface area contributed by atoms with Crippen molar-refractivity contribution in [1.29, 1.82) is 0 Å². The lowest BCUT2D eigenvalue weighted by Gasteiger charge is -2.18. The monoisotopic (exact) mass is 211 g/mol. The number of hydrogen-bond donors (Lipinski definition) is 1. The van der Waals surface area contributed by atoms with E-state index in [-0.39, 0.29) is 17.7 Å².